The largest absolute Gasteiger partial charge is 0.409 e. The van der Waals surface area contributed by atoms with Crippen molar-refractivity contribution in [3.63, 3.8) is 0 Å². The SMILES string of the molecule is CNS(=O)(=O)Nc1ccc(F)c(/C(N)=N/O)c1. The lowest BCUT2D eigenvalue weighted by Crippen LogP contribution is -2.26. The third kappa shape index (κ3) is 3.29. The minimum absolute atomic E-state index is 0.0855. The highest BCUT2D eigenvalue weighted by Gasteiger charge is 2.11. The molecule has 5 N–H and O–H groups in total. The summed E-state index contributed by atoms with van der Waals surface area (Å²) >= 11 is 0. The zero-order valence-electron chi connectivity index (χ0n) is 8.81. The molecule has 0 aliphatic heterocycles. The molecule has 0 aromatic heterocycles. The van der Waals surface area contributed by atoms with E-state index in [4.69, 9.17) is 10.9 Å². The fourth-order valence-electron chi connectivity index (χ4n) is 1.05. The first-order valence-corrected chi connectivity index (χ1v) is 5.86. The van der Waals surface area contributed by atoms with Crippen LogP contribution >= 0.6 is 0 Å². The Bertz CT molecular complexity index is 544. The molecule has 0 saturated heterocycles. The Labute approximate surface area is 97.3 Å². The molecular weight excluding hydrogens is 251 g/mol. The van der Waals surface area contributed by atoms with Crippen LogP contribution < -0.4 is 15.2 Å². The molecule has 0 spiro atoms. The number of hydrogen-bond donors (Lipinski definition) is 4. The predicted octanol–water partition coefficient (Wildman–Crippen LogP) is -0.204. The molecule has 9 heteroatoms. The molecule has 0 aliphatic rings. The van der Waals surface area contributed by atoms with E-state index in [2.05, 4.69) is 9.88 Å². The van der Waals surface area contributed by atoms with Crippen molar-refractivity contribution in [2.75, 3.05) is 11.8 Å². The van der Waals surface area contributed by atoms with Gasteiger partial charge in [0, 0.05) is 7.05 Å². The van der Waals surface area contributed by atoms with Gasteiger partial charge in [-0.25, -0.2) is 9.11 Å². The molecule has 0 unspecified atom stereocenters. The van der Waals surface area contributed by atoms with Gasteiger partial charge in [-0.2, -0.15) is 8.42 Å². The van der Waals surface area contributed by atoms with Gasteiger partial charge in [-0.1, -0.05) is 5.16 Å². The molecule has 17 heavy (non-hydrogen) atoms. The lowest BCUT2D eigenvalue weighted by atomic mass is 10.2. The lowest BCUT2D eigenvalue weighted by Gasteiger charge is -2.08. The van der Waals surface area contributed by atoms with Crippen molar-refractivity contribution < 1.29 is 18.0 Å². The highest BCUT2D eigenvalue weighted by atomic mass is 32.2. The number of hydrogen-bond acceptors (Lipinski definition) is 4. The summed E-state index contributed by atoms with van der Waals surface area (Å²) in [5, 5.41) is 11.1. The monoisotopic (exact) mass is 262 g/mol. The van der Waals surface area contributed by atoms with Crippen molar-refractivity contribution in [3.05, 3.63) is 29.6 Å². The molecule has 1 aromatic carbocycles. The van der Waals surface area contributed by atoms with E-state index in [0.29, 0.717) is 0 Å². The van der Waals surface area contributed by atoms with Crippen molar-refractivity contribution in [1.82, 2.24) is 4.72 Å². The number of nitrogens with one attached hydrogen (secondary N) is 2. The van der Waals surface area contributed by atoms with Crippen molar-refractivity contribution in [1.29, 1.82) is 0 Å². The fraction of sp³-hybridized carbons (Fsp3) is 0.125. The fourth-order valence-corrected chi connectivity index (χ4v) is 1.58. The van der Waals surface area contributed by atoms with E-state index in [0.717, 1.165) is 12.1 Å². The molecule has 0 bridgehead atoms. The van der Waals surface area contributed by atoms with E-state index in [-0.39, 0.29) is 11.3 Å². The summed E-state index contributed by atoms with van der Waals surface area (Å²) in [4.78, 5) is 0. The summed E-state index contributed by atoms with van der Waals surface area (Å²) in [6, 6.07) is 3.32. The summed E-state index contributed by atoms with van der Waals surface area (Å²) in [6.07, 6.45) is 0. The molecule has 0 heterocycles. The first-order chi connectivity index (χ1) is 7.89. The predicted molar refractivity (Wildman–Crippen MR) is 60.5 cm³/mol. The second-order valence-electron chi connectivity index (χ2n) is 2.99. The summed E-state index contributed by atoms with van der Waals surface area (Å²) in [5.74, 6) is -1.18. The average Bonchev–Trinajstić information content (AvgIpc) is 2.30. The van der Waals surface area contributed by atoms with Crippen LogP contribution in [0.4, 0.5) is 10.1 Å². The second-order valence-corrected chi connectivity index (χ2v) is 4.61. The Morgan fingerprint density at radius 2 is 2.18 bits per heavy atom. The first kappa shape index (κ1) is 13.2. The molecule has 0 atom stereocenters. The van der Waals surface area contributed by atoms with Crippen molar-refractivity contribution in [2.45, 2.75) is 0 Å². The van der Waals surface area contributed by atoms with Crippen LogP contribution in [0, 0.1) is 5.82 Å². The maximum atomic E-state index is 13.3. The quantitative estimate of drug-likeness (QED) is 0.260. The van der Waals surface area contributed by atoms with Gasteiger partial charge in [-0.15, -0.1) is 0 Å². The zero-order valence-corrected chi connectivity index (χ0v) is 9.62. The molecule has 0 aliphatic carbocycles. The van der Waals surface area contributed by atoms with E-state index in [9.17, 15) is 12.8 Å². The number of benzene rings is 1. The van der Waals surface area contributed by atoms with Gasteiger partial charge in [-0.05, 0) is 18.2 Å². The number of oxime groups is 1. The van der Waals surface area contributed by atoms with Crippen LogP contribution in [0.5, 0.6) is 0 Å². The number of nitrogens with two attached hydrogens (primary N) is 1. The topological polar surface area (TPSA) is 117 Å². The average molecular weight is 262 g/mol. The molecule has 0 amide bonds. The maximum absolute atomic E-state index is 13.3. The third-order valence-electron chi connectivity index (χ3n) is 1.87. The van der Waals surface area contributed by atoms with Gasteiger partial charge in [0.1, 0.15) is 5.82 Å². The van der Waals surface area contributed by atoms with Gasteiger partial charge in [0.25, 0.3) is 10.2 Å². The van der Waals surface area contributed by atoms with Gasteiger partial charge >= 0.3 is 0 Å². The molecule has 94 valence electrons. The van der Waals surface area contributed by atoms with Crippen molar-refractivity contribution >= 4 is 21.7 Å². The smallest absolute Gasteiger partial charge is 0.298 e. The van der Waals surface area contributed by atoms with Crippen LogP contribution in [0.3, 0.4) is 0 Å². The van der Waals surface area contributed by atoms with Crippen LogP contribution in [0.15, 0.2) is 23.4 Å². The first-order valence-electron chi connectivity index (χ1n) is 4.38. The van der Waals surface area contributed by atoms with E-state index in [1.807, 2.05) is 4.72 Å². The van der Waals surface area contributed by atoms with E-state index >= 15 is 0 Å². The van der Waals surface area contributed by atoms with Crippen LogP contribution in [-0.4, -0.2) is 26.5 Å². The molecule has 1 aromatic rings. The Morgan fingerprint density at radius 1 is 1.53 bits per heavy atom. The lowest BCUT2D eigenvalue weighted by molar-refractivity contribution is 0.318. The van der Waals surface area contributed by atoms with Gasteiger partial charge in [-0.3, -0.25) is 4.72 Å². The Hall–Kier alpha value is -1.87. The molecule has 0 saturated carbocycles. The second kappa shape index (κ2) is 4.97. The van der Waals surface area contributed by atoms with E-state index < -0.39 is 21.9 Å². The molecule has 7 nitrogen and oxygen atoms in total. The van der Waals surface area contributed by atoms with Crippen LogP contribution in [-0.2, 0) is 10.2 Å². The Morgan fingerprint density at radius 3 is 2.71 bits per heavy atom. The summed E-state index contributed by atoms with van der Waals surface area (Å²) in [6.45, 7) is 0. The number of amidine groups is 1. The summed E-state index contributed by atoms with van der Waals surface area (Å²) < 4.78 is 39.8. The molecular formula is C8H11FN4O3S. The van der Waals surface area contributed by atoms with Gasteiger partial charge in [0.2, 0.25) is 0 Å². The van der Waals surface area contributed by atoms with Gasteiger partial charge in [0.05, 0.1) is 11.3 Å². The third-order valence-corrected chi connectivity index (χ3v) is 2.91. The minimum Gasteiger partial charge on any atom is -0.409 e. The Kier molecular flexibility index (Phi) is 3.86. The molecule has 0 radical (unpaired) electrons. The van der Waals surface area contributed by atoms with Crippen molar-refractivity contribution in [2.24, 2.45) is 10.9 Å². The number of halogens is 1. The van der Waals surface area contributed by atoms with Gasteiger partial charge < -0.3 is 10.9 Å². The maximum Gasteiger partial charge on any atom is 0.298 e. The van der Waals surface area contributed by atoms with E-state index in [1.54, 1.807) is 0 Å². The zero-order chi connectivity index (χ0) is 13.1. The van der Waals surface area contributed by atoms with Gasteiger partial charge in [0.15, 0.2) is 5.84 Å². The highest BCUT2D eigenvalue weighted by Crippen LogP contribution is 2.15. The number of nitrogens with zero attached hydrogens (tertiary/aromatic N) is 1. The summed E-state index contributed by atoms with van der Waals surface area (Å²) in [5.41, 5.74) is 5.11. The molecule has 1 rings (SSSR count). The molecule has 0 fully saturated rings. The standard InChI is InChI=1S/C8H11FN4O3S/c1-11-17(15,16)13-5-2-3-7(9)6(4-5)8(10)12-14/h2-4,11,13-14H,1H3,(H2,10,12). The Balaban J connectivity index is 3.14. The van der Waals surface area contributed by atoms with E-state index in [1.165, 1.54) is 13.1 Å². The highest BCUT2D eigenvalue weighted by molar-refractivity contribution is 7.90. The minimum atomic E-state index is -3.70. The number of rotatable bonds is 4. The summed E-state index contributed by atoms with van der Waals surface area (Å²) in [7, 11) is -2.48. The van der Waals surface area contributed by atoms with Crippen molar-refractivity contribution in [3.8, 4) is 0 Å². The number of anilines is 1. The van der Waals surface area contributed by atoms with Crippen LogP contribution in [0.25, 0.3) is 0 Å². The van der Waals surface area contributed by atoms with Crippen LogP contribution in [0.2, 0.25) is 0 Å². The normalized spacial score (nSPS) is 12.5. The van der Waals surface area contributed by atoms with Crippen LogP contribution in [0.1, 0.15) is 5.56 Å².